The molecule has 306 valence electrons. The Balaban J connectivity index is 1.00. The predicted molar refractivity (Wildman–Crippen MR) is 263 cm³/mol. The summed E-state index contributed by atoms with van der Waals surface area (Å²) in [5.74, 6) is 0. The number of nitriles is 2. The van der Waals surface area contributed by atoms with Crippen molar-refractivity contribution in [2.75, 3.05) is 9.80 Å². The zero-order valence-corrected chi connectivity index (χ0v) is 36.5. The van der Waals surface area contributed by atoms with Gasteiger partial charge in [0, 0.05) is 66.4 Å². The van der Waals surface area contributed by atoms with Crippen molar-refractivity contribution in [2.45, 2.75) is 41.5 Å². The molecule has 11 aromatic rings. The summed E-state index contributed by atoms with van der Waals surface area (Å²) in [6.45, 7) is 12.9. The van der Waals surface area contributed by atoms with E-state index in [1.165, 1.54) is 33.4 Å². The maximum atomic E-state index is 9.52. The van der Waals surface area contributed by atoms with Crippen LogP contribution in [-0.4, -0.2) is 0 Å². The van der Waals surface area contributed by atoms with Crippen LogP contribution in [0.5, 0.6) is 0 Å². The van der Waals surface area contributed by atoms with Crippen molar-refractivity contribution in [3.05, 3.63) is 190 Å². The third kappa shape index (κ3) is 6.15. The van der Waals surface area contributed by atoms with Crippen LogP contribution < -0.4 is 9.80 Å². The summed E-state index contributed by atoms with van der Waals surface area (Å²) >= 11 is 0. The molecule has 0 aliphatic heterocycles. The zero-order valence-electron chi connectivity index (χ0n) is 36.5. The van der Waals surface area contributed by atoms with Gasteiger partial charge in [0.25, 0.3) is 0 Å². The molecule has 0 saturated carbocycles. The molecular weight excluding hydrogens is 785 g/mol. The quantitative estimate of drug-likeness (QED) is 0.166. The van der Waals surface area contributed by atoms with Gasteiger partial charge in [-0.25, -0.2) is 0 Å². The molecule has 9 aromatic carbocycles. The average Bonchev–Trinajstić information content (AvgIpc) is 3.87. The molecule has 6 heteroatoms. The lowest BCUT2D eigenvalue weighted by Gasteiger charge is -2.27. The van der Waals surface area contributed by atoms with E-state index in [0.717, 1.165) is 99.5 Å². The van der Waals surface area contributed by atoms with Gasteiger partial charge in [0.15, 0.2) is 0 Å². The number of nitrogens with zero attached hydrogens (tertiary/aromatic N) is 4. The van der Waals surface area contributed by atoms with Crippen LogP contribution in [0.1, 0.15) is 44.5 Å². The Hall–Kier alpha value is -8.32. The normalized spacial score (nSPS) is 11.6. The number of furan rings is 2. The van der Waals surface area contributed by atoms with Crippen molar-refractivity contribution in [1.82, 2.24) is 0 Å². The van der Waals surface area contributed by atoms with Gasteiger partial charge in [-0.3, -0.25) is 0 Å². The van der Waals surface area contributed by atoms with Crippen LogP contribution in [0.15, 0.2) is 154 Å². The van der Waals surface area contributed by atoms with Crippen LogP contribution in [0.4, 0.5) is 34.1 Å². The monoisotopic (exact) mass is 826 g/mol. The maximum absolute atomic E-state index is 9.52. The number of hydrogen-bond donors (Lipinski definition) is 0. The van der Waals surface area contributed by atoms with Crippen molar-refractivity contribution in [2.24, 2.45) is 0 Å². The molecule has 0 saturated heterocycles. The van der Waals surface area contributed by atoms with E-state index in [4.69, 9.17) is 8.83 Å². The van der Waals surface area contributed by atoms with Crippen molar-refractivity contribution in [3.63, 3.8) is 0 Å². The van der Waals surface area contributed by atoms with Crippen LogP contribution in [0, 0.1) is 64.2 Å². The van der Waals surface area contributed by atoms with E-state index in [0.29, 0.717) is 11.1 Å². The van der Waals surface area contributed by atoms with Crippen LogP contribution in [0.3, 0.4) is 0 Å². The minimum absolute atomic E-state index is 0.626. The van der Waals surface area contributed by atoms with Crippen molar-refractivity contribution >= 4 is 99.5 Å². The number of aryl methyl sites for hydroxylation is 4. The van der Waals surface area contributed by atoms with E-state index in [-0.39, 0.29) is 0 Å². The van der Waals surface area contributed by atoms with Gasteiger partial charge in [-0.1, -0.05) is 12.1 Å². The van der Waals surface area contributed by atoms with Crippen LogP contribution >= 0.6 is 0 Å². The highest BCUT2D eigenvalue weighted by Crippen LogP contribution is 2.44. The van der Waals surface area contributed by atoms with E-state index < -0.39 is 0 Å². The van der Waals surface area contributed by atoms with Crippen LogP contribution in [0.2, 0.25) is 0 Å². The van der Waals surface area contributed by atoms with Crippen molar-refractivity contribution in [1.29, 1.82) is 10.5 Å². The van der Waals surface area contributed by atoms with Gasteiger partial charge in [-0.15, -0.1) is 0 Å². The molecule has 0 amide bonds. The van der Waals surface area contributed by atoms with Crippen LogP contribution in [-0.2, 0) is 0 Å². The number of benzene rings is 9. The van der Waals surface area contributed by atoms with Gasteiger partial charge in [0.1, 0.15) is 22.3 Å². The summed E-state index contributed by atoms with van der Waals surface area (Å²) in [5.41, 5.74) is 18.1. The fourth-order valence-electron chi connectivity index (χ4n) is 9.42. The molecular formula is C58H42N4O2. The van der Waals surface area contributed by atoms with E-state index in [1.807, 2.05) is 48.5 Å². The van der Waals surface area contributed by atoms with Gasteiger partial charge >= 0.3 is 0 Å². The smallest absolute Gasteiger partial charge is 0.143 e. The van der Waals surface area contributed by atoms with E-state index in [9.17, 15) is 10.5 Å². The maximum Gasteiger partial charge on any atom is 0.143 e. The van der Waals surface area contributed by atoms with Gasteiger partial charge in [0.2, 0.25) is 0 Å². The lowest BCUT2D eigenvalue weighted by Crippen LogP contribution is -2.11. The molecule has 0 N–H and O–H groups in total. The summed E-state index contributed by atoms with van der Waals surface area (Å²) in [4.78, 5) is 4.51. The Labute approximate surface area is 371 Å². The van der Waals surface area contributed by atoms with Crippen molar-refractivity contribution < 1.29 is 8.83 Å². The molecule has 0 radical (unpaired) electrons. The minimum Gasteiger partial charge on any atom is -0.455 e. The molecule has 64 heavy (non-hydrogen) atoms. The molecule has 0 fully saturated rings. The largest absolute Gasteiger partial charge is 0.455 e. The molecule has 11 rings (SSSR count). The van der Waals surface area contributed by atoms with Crippen LogP contribution in [0.25, 0.3) is 65.4 Å². The Morgan fingerprint density at radius 3 is 1.05 bits per heavy atom. The van der Waals surface area contributed by atoms with Gasteiger partial charge in [-0.05, 0) is 219 Å². The van der Waals surface area contributed by atoms with Gasteiger partial charge in [-0.2, -0.15) is 10.5 Å². The summed E-state index contributed by atoms with van der Waals surface area (Å²) in [7, 11) is 0. The molecule has 0 aliphatic rings. The summed E-state index contributed by atoms with van der Waals surface area (Å²) in [6.07, 6.45) is 0. The van der Waals surface area contributed by atoms with Gasteiger partial charge in [0.05, 0.1) is 23.3 Å². The number of anilines is 6. The third-order valence-corrected chi connectivity index (χ3v) is 13.4. The number of hydrogen-bond acceptors (Lipinski definition) is 6. The third-order valence-electron chi connectivity index (χ3n) is 13.4. The first kappa shape index (κ1) is 38.6. The van der Waals surface area contributed by atoms with Crippen molar-refractivity contribution in [3.8, 4) is 12.1 Å². The molecule has 2 aromatic heterocycles. The standard InChI is InChI=1S/C58H42N4O2/c1-33-23-47(24-34(2)37(33)5)61(43-13-7-39(31-59)8-14-43)45-17-21-49-41(27-45)11-19-51-53-29-56-54(30-55(53)63-57(49)51)52-20-12-42-28-46(18-22-50(42)58(52)64-56)62(44-15-9-40(32-60)10-16-44)48-25-35(3)38(6)36(4)26-48/h7-30H,1-6H3. The first-order valence-electron chi connectivity index (χ1n) is 21.5. The summed E-state index contributed by atoms with van der Waals surface area (Å²) in [5, 5.41) is 27.3. The lowest BCUT2D eigenvalue weighted by atomic mass is 10.0. The number of rotatable bonds is 6. The Morgan fingerprint density at radius 2 is 0.688 bits per heavy atom. The molecule has 0 spiro atoms. The summed E-state index contributed by atoms with van der Waals surface area (Å²) in [6, 6.07) is 54.9. The van der Waals surface area contributed by atoms with E-state index >= 15 is 0 Å². The molecule has 0 atom stereocenters. The minimum atomic E-state index is 0.626. The Kier molecular flexibility index (Phi) is 8.84. The molecule has 2 heterocycles. The Morgan fingerprint density at radius 1 is 0.344 bits per heavy atom. The highest BCUT2D eigenvalue weighted by atomic mass is 16.3. The first-order valence-corrected chi connectivity index (χ1v) is 21.5. The molecule has 0 aliphatic carbocycles. The number of fused-ring (bicyclic) bond motifs is 10. The topological polar surface area (TPSA) is 80.3 Å². The average molecular weight is 827 g/mol. The second-order valence-corrected chi connectivity index (χ2v) is 17.1. The highest BCUT2D eigenvalue weighted by molar-refractivity contribution is 6.21. The SMILES string of the molecule is Cc1cc(N(c2ccc(C#N)cc2)c2ccc3c(ccc4c5cc6oc7c8ccc(N(c9ccc(C#N)cc9)c9cc(C)c(C)c(C)c9)cc8ccc7c6cc5oc34)c2)cc(C)c1C. The molecule has 6 nitrogen and oxygen atoms in total. The predicted octanol–water partition coefficient (Wildman–Crippen LogP) is 16.3. The summed E-state index contributed by atoms with van der Waals surface area (Å²) < 4.78 is 13.5. The highest BCUT2D eigenvalue weighted by Gasteiger charge is 2.21. The van der Waals surface area contributed by atoms with E-state index in [1.54, 1.807) is 0 Å². The molecule has 0 unspecified atom stereocenters. The van der Waals surface area contributed by atoms with Gasteiger partial charge < -0.3 is 18.6 Å². The van der Waals surface area contributed by atoms with E-state index in [2.05, 4.69) is 161 Å². The Bertz CT molecular complexity index is 3520. The first-order chi connectivity index (χ1) is 31.1. The second-order valence-electron chi connectivity index (χ2n) is 17.1. The second kappa shape index (κ2) is 14.7. The fourth-order valence-corrected chi connectivity index (χ4v) is 9.42. The fraction of sp³-hybridized carbons (Fsp3) is 0.103. The zero-order chi connectivity index (χ0) is 44.0. The molecule has 0 bridgehead atoms. The lowest BCUT2D eigenvalue weighted by molar-refractivity contribution is 0.667.